The topological polar surface area (TPSA) is 283 Å². The summed E-state index contributed by atoms with van der Waals surface area (Å²) < 4.78 is 81.2. The minimum Gasteiger partial charge on any atom is -0.488 e. The summed E-state index contributed by atoms with van der Waals surface area (Å²) >= 11 is 0. The number of ether oxygens (including phenoxy) is 14. The zero-order chi connectivity index (χ0) is 58.0. The van der Waals surface area contributed by atoms with Crippen molar-refractivity contribution in [2.24, 2.45) is 0 Å². The van der Waals surface area contributed by atoms with Crippen LogP contribution >= 0.6 is 0 Å². The van der Waals surface area contributed by atoms with E-state index in [1.807, 2.05) is 60.7 Å². The van der Waals surface area contributed by atoms with E-state index in [-0.39, 0.29) is 54.6 Å². The van der Waals surface area contributed by atoms with Crippen LogP contribution in [0.25, 0.3) is 0 Å². The largest absolute Gasteiger partial charge is 0.488 e. The minimum atomic E-state index is -1.59. The Morgan fingerprint density at radius 1 is 0.412 bits per heavy atom. The molecule has 23 nitrogen and oxygen atoms in total. The highest BCUT2D eigenvalue weighted by Gasteiger charge is 2.55. The number of aryl methyl sites for hydroxylation is 1. The van der Waals surface area contributed by atoms with Crippen LogP contribution in [0.1, 0.15) is 88.9 Å². The summed E-state index contributed by atoms with van der Waals surface area (Å²) in [5.41, 5.74) is 2.22. The van der Waals surface area contributed by atoms with Gasteiger partial charge in [-0.25, -0.2) is 0 Å². The second-order valence-corrected chi connectivity index (χ2v) is 18.3. The maximum absolute atomic E-state index is 14.5. The molecule has 4 aromatic rings. The number of Topliss-reactive ketones (excluding diaryl/α,β-unsaturated/α-hetero) is 1. The molecule has 428 valence electrons. The summed E-state index contributed by atoms with van der Waals surface area (Å²) in [5, 5.41) is 0. The van der Waals surface area contributed by atoms with Gasteiger partial charge in [0.15, 0.2) is 30.2 Å². The zero-order valence-corrected chi connectivity index (χ0v) is 45.1. The smallest absolute Gasteiger partial charge is 0.303 e. The Hall–Kier alpha value is -8.57. The van der Waals surface area contributed by atoms with Crippen LogP contribution in [0.3, 0.4) is 0 Å². The van der Waals surface area contributed by atoms with E-state index >= 15 is 0 Å². The average molecular weight is 1120 g/mol. The zero-order valence-electron chi connectivity index (χ0n) is 45.1. The molecule has 2 fully saturated rings. The highest BCUT2D eigenvalue weighted by molar-refractivity contribution is 5.99. The molecule has 0 bridgehead atoms. The fraction of sp³-hybridized carbons (Fsp3) is 0.421. The standard InChI is InChI=1S/C57H62O23/c1-31(58)67-29-48-50(71-33(3)60)52(73-35(5)62)54(75-37(7)64)56(79-48)77-42-21-19-41(46(25-42)69-27-39-15-11-9-12-16-39)20-24-45(66)44-23-22-43(26-47(44)70-28-40-17-13-10-14-18-40)78-57-55(76-38(8)65)53(74-36(6)63)51(72-34(4)61)49(80-57)30-68-32(2)59/h9-19,21-23,25-26,48-57H,20,24,27-30H2,1-8H3/t48-,49-,50-,51-,52+,53+,54-,55-,56?,57?/m1/s1. The molecule has 0 saturated carbocycles. The van der Waals surface area contributed by atoms with Gasteiger partial charge >= 0.3 is 47.8 Å². The van der Waals surface area contributed by atoms with Crippen molar-refractivity contribution >= 4 is 53.5 Å². The van der Waals surface area contributed by atoms with Crippen LogP contribution in [0, 0.1) is 0 Å². The van der Waals surface area contributed by atoms with Crippen molar-refractivity contribution in [1.29, 1.82) is 0 Å². The molecule has 0 amide bonds. The van der Waals surface area contributed by atoms with Crippen LogP contribution in [0.4, 0.5) is 0 Å². The fourth-order valence-corrected chi connectivity index (χ4v) is 8.56. The van der Waals surface area contributed by atoms with Crippen molar-refractivity contribution in [2.75, 3.05) is 13.2 Å². The maximum atomic E-state index is 14.5. The quantitative estimate of drug-likeness (QED) is 0.0470. The van der Waals surface area contributed by atoms with Gasteiger partial charge in [0.1, 0.15) is 61.6 Å². The van der Waals surface area contributed by atoms with Gasteiger partial charge in [-0.05, 0) is 41.3 Å². The van der Waals surface area contributed by atoms with Crippen LogP contribution < -0.4 is 18.9 Å². The van der Waals surface area contributed by atoms with Crippen molar-refractivity contribution in [2.45, 2.75) is 143 Å². The third kappa shape index (κ3) is 18.0. The highest BCUT2D eigenvalue weighted by Crippen LogP contribution is 2.36. The first kappa shape index (κ1) is 60.7. The van der Waals surface area contributed by atoms with E-state index < -0.39 is 128 Å². The SMILES string of the molecule is CC(=O)OC[C@H]1OC(Oc2ccc(CCC(=O)c3ccc(OC4O[C@H](COC(C)=O)[C@@H](OC(C)=O)[C@H](OC(C)=O)[C@H]4OC(C)=O)cc3OCc3ccccc3)c(OCc3ccccc3)c2)[C@H](OC(C)=O)[C@@H](OC(C)=O)[C@@H]1OC(C)=O. The lowest BCUT2D eigenvalue weighted by Gasteiger charge is -2.43. The average Bonchev–Trinajstić information content (AvgIpc) is 3.54. The van der Waals surface area contributed by atoms with Gasteiger partial charge in [0.05, 0.1) is 5.56 Å². The number of hydrogen-bond acceptors (Lipinski definition) is 23. The molecule has 2 heterocycles. The number of ketones is 1. The second-order valence-electron chi connectivity index (χ2n) is 18.3. The summed E-state index contributed by atoms with van der Waals surface area (Å²) in [5.74, 6) is -6.28. The van der Waals surface area contributed by atoms with E-state index in [9.17, 15) is 43.2 Å². The Balaban J connectivity index is 1.32. The Morgan fingerprint density at radius 2 is 0.787 bits per heavy atom. The third-order valence-corrected chi connectivity index (χ3v) is 11.8. The molecule has 0 aliphatic carbocycles. The highest BCUT2D eigenvalue weighted by atomic mass is 16.7. The van der Waals surface area contributed by atoms with Gasteiger partial charge in [-0.15, -0.1) is 0 Å². The molecule has 2 aliphatic heterocycles. The van der Waals surface area contributed by atoms with Crippen molar-refractivity contribution in [3.8, 4) is 23.0 Å². The van der Waals surface area contributed by atoms with E-state index in [0.717, 1.165) is 66.5 Å². The van der Waals surface area contributed by atoms with E-state index in [1.54, 1.807) is 6.07 Å². The predicted octanol–water partition coefficient (Wildman–Crippen LogP) is 5.58. The third-order valence-electron chi connectivity index (χ3n) is 11.8. The van der Waals surface area contributed by atoms with E-state index in [0.29, 0.717) is 5.56 Å². The van der Waals surface area contributed by atoms with Crippen LogP contribution in [0.5, 0.6) is 23.0 Å². The van der Waals surface area contributed by atoms with Crippen LogP contribution in [-0.4, -0.2) is 128 Å². The number of carbonyl (C=O) groups excluding carboxylic acids is 9. The van der Waals surface area contributed by atoms with E-state index in [1.165, 1.54) is 30.3 Å². The number of esters is 8. The van der Waals surface area contributed by atoms with Crippen LogP contribution in [-0.2, 0) is 105 Å². The first-order chi connectivity index (χ1) is 38.1. The first-order valence-electron chi connectivity index (χ1n) is 25.2. The van der Waals surface area contributed by atoms with Crippen molar-refractivity contribution in [1.82, 2.24) is 0 Å². The van der Waals surface area contributed by atoms with E-state index in [2.05, 4.69) is 0 Å². The van der Waals surface area contributed by atoms with Gasteiger partial charge in [-0.1, -0.05) is 66.7 Å². The monoisotopic (exact) mass is 1110 g/mol. The van der Waals surface area contributed by atoms with Crippen molar-refractivity contribution in [3.63, 3.8) is 0 Å². The molecule has 0 spiro atoms. The Kier molecular flexibility index (Phi) is 21.9. The predicted molar refractivity (Wildman–Crippen MR) is 272 cm³/mol. The Labute approximate surface area is 460 Å². The first-order valence-corrected chi connectivity index (χ1v) is 25.2. The molecular weight excluding hydrogens is 1050 g/mol. The molecule has 6 rings (SSSR count). The molecule has 80 heavy (non-hydrogen) atoms. The van der Waals surface area contributed by atoms with E-state index in [4.69, 9.17) is 66.3 Å². The van der Waals surface area contributed by atoms with Crippen molar-refractivity contribution < 1.29 is 109 Å². The second kappa shape index (κ2) is 28.9. The maximum Gasteiger partial charge on any atom is 0.303 e. The molecule has 0 aromatic heterocycles. The normalized spacial score (nSPS) is 22.1. The summed E-state index contributed by atoms with van der Waals surface area (Å²) in [6.45, 7) is 7.99. The molecule has 0 N–H and O–H groups in total. The molecule has 2 saturated heterocycles. The van der Waals surface area contributed by atoms with Crippen molar-refractivity contribution in [3.05, 3.63) is 119 Å². The number of carbonyl (C=O) groups is 9. The van der Waals surface area contributed by atoms with Gasteiger partial charge in [-0.3, -0.25) is 43.2 Å². The number of hydrogen-bond donors (Lipinski definition) is 0. The number of benzene rings is 4. The number of rotatable bonds is 24. The van der Waals surface area contributed by atoms with Gasteiger partial charge in [-0.2, -0.15) is 0 Å². The summed E-state index contributed by atoms with van der Waals surface area (Å²) in [6.07, 6.45) is -14.7. The molecule has 4 aromatic carbocycles. The lowest BCUT2D eigenvalue weighted by Crippen LogP contribution is -2.63. The molecule has 2 unspecified atom stereocenters. The van der Waals surface area contributed by atoms with Gasteiger partial charge < -0.3 is 66.3 Å². The molecule has 0 radical (unpaired) electrons. The fourth-order valence-electron chi connectivity index (χ4n) is 8.56. The molecular formula is C57H62O23. The van der Waals surface area contributed by atoms with Gasteiger partial charge in [0, 0.05) is 73.9 Å². The Morgan fingerprint density at radius 3 is 1.20 bits per heavy atom. The lowest BCUT2D eigenvalue weighted by atomic mass is 9.98. The molecule has 2 aliphatic rings. The minimum absolute atomic E-state index is 0.00210. The Bertz CT molecular complexity index is 2830. The molecule has 10 atom stereocenters. The summed E-state index contributed by atoms with van der Waals surface area (Å²) in [6, 6.07) is 27.3. The lowest BCUT2D eigenvalue weighted by molar-refractivity contribution is -0.288. The van der Waals surface area contributed by atoms with Crippen LogP contribution in [0.2, 0.25) is 0 Å². The molecule has 23 heteroatoms. The van der Waals surface area contributed by atoms with Gasteiger partial charge in [0.2, 0.25) is 24.8 Å². The van der Waals surface area contributed by atoms with Crippen LogP contribution in [0.15, 0.2) is 97.1 Å². The van der Waals surface area contributed by atoms with Gasteiger partial charge in [0.25, 0.3) is 0 Å². The summed E-state index contributed by atoms with van der Waals surface area (Å²) in [4.78, 5) is 113. The summed E-state index contributed by atoms with van der Waals surface area (Å²) in [7, 11) is 0.